The molecular weight excluding hydrogens is 407 g/mol. The van der Waals surface area contributed by atoms with Crippen LogP contribution in [0.5, 0.6) is 0 Å². The molecule has 0 aliphatic rings. The molecule has 1 amide bonds. The van der Waals surface area contributed by atoms with Crippen molar-refractivity contribution >= 4 is 62.3 Å². The number of hydrogen-bond donors (Lipinski definition) is 1. The Hall–Kier alpha value is -2.15. The number of rotatable bonds is 6. The summed E-state index contributed by atoms with van der Waals surface area (Å²) in [6.07, 6.45) is -0.302. The van der Waals surface area contributed by atoms with E-state index in [1.165, 1.54) is 11.3 Å². The lowest BCUT2D eigenvalue weighted by atomic mass is 10.2. The maximum atomic E-state index is 12.7. The van der Waals surface area contributed by atoms with Gasteiger partial charge in [0.2, 0.25) is 5.91 Å². The first-order valence-electron chi connectivity index (χ1n) is 8.17. The van der Waals surface area contributed by atoms with Crippen molar-refractivity contribution in [2.75, 3.05) is 4.90 Å². The van der Waals surface area contributed by atoms with Crippen molar-refractivity contribution in [3.05, 3.63) is 57.0 Å². The number of nitrogens with zero attached hydrogens (tertiary/aromatic N) is 2. The molecule has 0 unspecified atom stereocenters. The number of benzene rings is 2. The number of fused-ring (bicyclic) bond motifs is 1. The number of aryl methyl sites for hydroxylation is 1. The Morgan fingerprint density at radius 2 is 1.96 bits per heavy atom. The third kappa shape index (κ3) is 4.58. The van der Waals surface area contributed by atoms with Crippen molar-refractivity contribution in [3.63, 3.8) is 0 Å². The van der Waals surface area contributed by atoms with E-state index in [9.17, 15) is 9.59 Å². The van der Waals surface area contributed by atoms with E-state index in [1.807, 2.05) is 37.3 Å². The van der Waals surface area contributed by atoms with Gasteiger partial charge in [-0.15, -0.1) is 11.3 Å². The molecule has 1 heterocycles. The molecule has 0 spiro atoms. The summed E-state index contributed by atoms with van der Waals surface area (Å²) in [6.45, 7) is 2.16. The van der Waals surface area contributed by atoms with E-state index in [-0.39, 0.29) is 25.3 Å². The van der Waals surface area contributed by atoms with E-state index < -0.39 is 5.97 Å². The summed E-state index contributed by atoms with van der Waals surface area (Å²) in [5.41, 5.74) is 2.31. The second-order valence-corrected chi connectivity index (χ2v) is 7.93. The van der Waals surface area contributed by atoms with Crippen LogP contribution in [0.1, 0.15) is 23.4 Å². The van der Waals surface area contributed by atoms with Gasteiger partial charge in [0.05, 0.1) is 27.7 Å². The van der Waals surface area contributed by atoms with Gasteiger partial charge in [-0.25, -0.2) is 4.98 Å². The van der Waals surface area contributed by atoms with Gasteiger partial charge in [0.15, 0.2) is 0 Å². The van der Waals surface area contributed by atoms with Crippen molar-refractivity contribution in [3.8, 4) is 0 Å². The minimum Gasteiger partial charge on any atom is -0.481 e. The fourth-order valence-corrected chi connectivity index (χ4v) is 4.03. The zero-order valence-corrected chi connectivity index (χ0v) is 16.7. The van der Waals surface area contributed by atoms with Crippen molar-refractivity contribution in [2.45, 2.75) is 26.3 Å². The highest BCUT2D eigenvalue weighted by molar-refractivity contribution is 7.18. The lowest BCUT2D eigenvalue weighted by Crippen LogP contribution is -2.30. The van der Waals surface area contributed by atoms with Crippen molar-refractivity contribution < 1.29 is 14.7 Å². The Labute approximate surface area is 170 Å². The standard InChI is InChI=1S/C19H16Cl2N2O3S/c1-11-3-2-4-12(9-11)23(16(24)7-8-17(25)26)10-15-22-19-14(27-15)6-5-13(20)18(19)21/h2-6,9H,7-8,10H2,1H3,(H,25,26). The molecule has 0 fully saturated rings. The Kier molecular flexibility index (Phi) is 5.99. The van der Waals surface area contributed by atoms with Gasteiger partial charge in [-0.3, -0.25) is 9.59 Å². The quantitative estimate of drug-likeness (QED) is 0.584. The highest BCUT2D eigenvalue weighted by Crippen LogP contribution is 2.34. The van der Waals surface area contributed by atoms with Gasteiger partial charge in [0.1, 0.15) is 10.5 Å². The van der Waals surface area contributed by atoms with Gasteiger partial charge in [0, 0.05) is 12.1 Å². The van der Waals surface area contributed by atoms with Crippen molar-refractivity contribution in [1.82, 2.24) is 4.98 Å². The number of carbonyl (C=O) groups excluding carboxylic acids is 1. The highest BCUT2D eigenvalue weighted by Gasteiger charge is 2.20. The van der Waals surface area contributed by atoms with Crippen molar-refractivity contribution in [1.29, 1.82) is 0 Å². The van der Waals surface area contributed by atoms with Crippen LogP contribution in [0.4, 0.5) is 5.69 Å². The number of carboxylic acid groups (broad SMARTS) is 1. The number of carboxylic acids is 1. The number of hydrogen-bond acceptors (Lipinski definition) is 4. The van der Waals surface area contributed by atoms with Crippen LogP contribution in [-0.4, -0.2) is 22.0 Å². The lowest BCUT2D eigenvalue weighted by molar-refractivity contribution is -0.138. The van der Waals surface area contributed by atoms with E-state index >= 15 is 0 Å². The average Bonchev–Trinajstić information content (AvgIpc) is 3.04. The Morgan fingerprint density at radius 3 is 2.67 bits per heavy atom. The number of carbonyl (C=O) groups is 2. The normalized spacial score (nSPS) is 10.9. The van der Waals surface area contributed by atoms with Crippen LogP contribution in [-0.2, 0) is 16.1 Å². The third-order valence-corrected chi connectivity index (χ3v) is 5.76. The van der Waals surface area contributed by atoms with E-state index in [4.69, 9.17) is 28.3 Å². The van der Waals surface area contributed by atoms with E-state index in [0.717, 1.165) is 10.3 Å². The molecule has 27 heavy (non-hydrogen) atoms. The van der Waals surface area contributed by atoms with E-state index in [0.29, 0.717) is 26.3 Å². The summed E-state index contributed by atoms with van der Waals surface area (Å²) < 4.78 is 0.876. The zero-order valence-electron chi connectivity index (χ0n) is 14.4. The summed E-state index contributed by atoms with van der Waals surface area (Å²) in [4.78, 5) is 29.6. The molecule has 0 aliphatic carbocycles. The largest absolute Gasteiger partial charge is 0.481 e. The highest BCUT2D eigenvalue weighted by atomic mass is 35.5. The van der Waals surface area contributed by atoms with Crippen LogP contribution in [0, 0.1) is 6.92 Å². The monoisotopic (exact) mass is 422 g/mol. The van der Waals surface area contributed by atoms with Gasteiger partial charge < -0.3 is 10.0 Å². The molecule has 0 saturated carbocycles. The maximum absolute atomic E-state index is 12.7. The number of halogens is 2. The topological polar surface area (TPSA) is 70.5 Å². The third-order valence-electron chi connectivity index (χ3n) is 3.96. The summed E-state index contributed by atoms with van der Waals surface area (Å²) in [7, 11) is 0. The van der Waals surface area contributed by atoms with Crippen LogP contribution in [0.15, 0.2) is 36.4 Å². The number of aromatic nitrogens is 1. The average molecular weight is 423 g/mol. The lowest BCUT2D eigenvalue weighted by Gasteiger charge is -2.22. The van der Waals surface area contributed by atoms with Crippen LogP contribution < -0.4 is 4.90 Å². The predicted octanol–water partition coefficient (Wildman–Crippen LogP) is 5.31. The minimum absolute atomic E-state index is 0.0826. The Bertz CT molecular complexity index is 1020. The van der Waals surface area contributed by atoms with Gasteiger partial charge in [-0.2, -0.15) is 0 Å². The SMILES string of the molecule is Cc1cccc(N(Cc2nc3c(Cl)c(Cl)ccc3s2)C(=O)CCC(=O)O)c1. The van der Waals surface area contributed by atoms with Crippen LogP contribution in [0.3, 0.4) is 0 Å². The van der Waals surface area contributed by atoms with E-state index in [2.05, 4.69) is 4.98 Å². The first-order valence-corrected chi connectivity index (χ1v) is 9.74. The van der Waals surface area contributed by atoms with Crippen LogP contribution >= 0.6 is 34.5 Å². The molecule has 0 radical (unpaired) electrons. The smallest absolute Gasteiger partial charge is 0.303 e. The molecule has 5 nitrogen and oxygen atoms in total. The molecule has 2 aromatic carbocycles. The Morgan fingerprint density at radius 1 is 1.19 bits per heavy atom. The molecule has 3 aromatic rings. The number of aliphatic carboxylic acids is 1. The fourth-order valence-electron chi connectivity index (χ4n) is 2.65. The molecule has 0 bridgehead atoms. The molecule has 1 N–H and O–H groups in total. The molecule has 8 heteroatoms. The second kappa shape index (κ2) is 8.25. The number of thiazole rings is 1. The van der Waals surface area contributed by atoms with Gasteiger partial charge >= 0.3 is 5.97 Å². The molecule has 0 aliphatic heterocycles. The Balaban J connectivity index is 1.94. The first kappa shape index (κ1) is 19.6. The minimum atomic E-state index is -1.01. The zero-order chi connectivity index (χ0) is 19.6. The first-order chi connectivity index (χ1) is 12.8. The number of anilines is 1. The van der Waals surface area contributed by atoms with Crippen LogP contribution in [0.25, 0.3) is 10.2 Å². The molecule has 1 aromatic heterocycles. The van der Waals surface area contributed by atoms with Gasteiger partial charge in [-0.1, -0.05) is 35.3 Å². The molecular formula is C19H16Cl2N2O3S. The molecule has 140 valence electrons. The fraction of sp³-hybridized carbons (Fsp3) is 0.211. The summed E-state index contributed by atoms with van der Waals surface area (Å²) >= 11 is 13.7. The summed E-state index contributed by atoms with van der Waals surface area (Å²) in [6, 6.07) is 11.1. The van der Waals surface area contributed by atoms with Gasteiger partial charge in [0.25, 0.3) is 0 Å². The molecule has 0 saturated heterocycles. The predicted molar refractivity (Wildman–Crippen MR) is 109 cm³/mol. The maximum Gasteiger partial charge on any atom is 0.303 e. The van der Waals surface area contributed by atoms with Crippen molar-refractivity contribution in [2.24, 2.45) is 0 Å². The summed E-state index contributed by atoms with van der Waals surface area (Å²) in [5.74, 6) is -1.28. The second-order valence-electron chi connectivity index (χ2n) is 6.03. The number of amides is 1. The molecule has 3 rings (SSSR count). The van der Waals surface area contributed by atoms with Crippen LogP contribution in [0.2, 0.25) is 10.0 Å². The van der Waals surface area contributed by atoms with Gasteiger partial charge in [-0.05, 0) is 36.8 Å². The molecule has 0 atom stereocenters. The van der Waals surface area contributed by atoms with E-state index in [1.54, 1.807) is 11.0 Å². The summed E-state index contributed by atoms with van der Waals surface area (Å²) in [5, 5.41) is 10.4.